The summed E-state index contributed by atoms with van der Waals surface area (Å²) in [4.78, 5) is 14.1. The molecule has 2 rings (SSSR count). The summed E-state index contributed by atoms with van der Waals surface area (Å²) in [6.45, 7) is 5.09. The van der Waals surface area contributed by atoms with Crippen LogP contribution < -0.4 is 10.2 Å². The van der Waals surface area contributed by atoms with Gasteiger partial charge in [-0.3, -0.25) is 4.79 Å². The van der Waals surface area contributed by atoms with Crippen LogP contribution in [0.4, 0.5) is 5.69 Å². The summed E-state index contributed by atoms with van der Waals surface area (Å²) >= 11 is 5.89. The fourth-order valence-corrected chi connectivity index (χ4v) is 2.82. The monoisotopic (exact) mass is 266 g/mol. The zero-order chi connectivity index (χ0) is 13.3. The Hall–Kier alpha value is -1.06. The van der Waals surface area contributed by atoms with E-state index < -0.39 is 0 Å². The Morgan fingerprint density at radius 3 is 2.56 bits per heavy atom. The van der Waals surface area contributed by atoms with E-state index in [1.165, 1.54) is 0 Å². The molecule has 1 heterocycles. The maximum atomic E-state index is 12.2. The molecular formula is C14H19ClN2O. The molecule has 1 unspecified atom stereocenters. The highest BCUT2D eigenvalue weighted by Gasteiger charge is 2.46. The third-order valence-corrected chi connectivity index (χ3v) is 4.03. The van der Waals surface area contributed by atoms with Crippen LogP contribution in [0, 0.1) is 5.92 Å². The number of amides is 1. The molecule has 98 valence electrons. The molecule has 18 heavy (non-hydrogen) atoms. The van der Waals surface area contributed by atoms with Gasteiger partial charge in [-0.25, -0.2) is 0 Å². The molecule has 0 bridgehead atoms. The Labute approximate surface area is 113 Å². The molecule has 0 spiro atoms. The van der Waals surface area contributed by atoms with Gasteiger partial charge in [0.25, 0.3) is 0 Å². The normalized spacial score (nSPS) is 22.6. The molecule has 1 aromatic rings. The van der Waals surface area contributed by atoms with Gasteiger partial charge in [-0.15, -0.1) is 0 Å². The molecule has 1 atom stereocenters. The average molecular weight is 267 g/mol. The van der Waals surface area contributed by atoms with Crippen molar-refractivity contribution in [3.63, 3.8) is 0 Å². The Bertz CT molecular complexity index is 442. The van der Waals surface area contributed by atoms with Gasteiger partial charge in [-0.1, -0.05) is 11.6 Å². The largest absolute Gasteiger partial charge is 0.319 e. The van der Waals surface area contributed by atoms with Gasteiger partial charge in [-0.2, -0.15) is 0 Å². The van der Waals surface area contributed by atoms with E-state index in [2.05, 4.69) is 19.2 Å². The Morgan fingerprint density at radius 1 is 1.39 bits per heavy atom. The second-order valence-electron chi connectivity index (χ2n) is 5.32. The van der Waals surface area contributed by atoms with Crippen LogP contribution in [-0.4, -0.2) is 25.0 Å². The van der Waals surface area contributed by atoms with Crippen LogP contribution in [-0.2, 0) is 4.79 Å². The molecular weight excluding hydrogens is 248 g/mol. The number of halogens is 1. The van der Waals surface area contributed by atoms with Crippen molar-refractivity contribution in [3.8, 4) is 0 Å². The van der Waals surface area contributed by atoms with Crippen LogP contribution in [0.2, 0.25) is 5.02 Å². The van der Waals surface area contributed by atoms with E-state index >= 15 is 0 Å². The maximum Gasteiger partial charge on any atom is 0.227 e. The van der Waals surface area contributed by atoms with E-state index in [0.717, 1.165) is 12.2 Å². The third kappa shape index (κ3) is 2.25. The first-order valence-electron chi connectivity index (χ1n) is 6.20. The minimum atomic E-state index is -0.173. The van der Waals surface area contributed by atoms with E-state index in [1.54, 1.807) is 0 Å². The van der Waals surface area contributed by atoms with Crippen molar-refractivity contribution in [3.05, 3.63) is 29.3 Å². The van der Waals surface area contributed by atoms with E-state index in [1.807, 2.05) is 36.2 Å². The number of hydrogen-bond acceptors (Lipinski definition) is 2. The number of benzene rings is 1. The molecule has 1 N–H and O–H groups in total. The van der Waals surface area contributed by atoms with Crippen molar-refractivity contribution in [1.82, 2.24) is 5.32 Å². The van der Waals surface area contributed by atoms with Gasteiger partial charge in [0.2, 0.25) is 5.91 Å². The molecule has 3 nitrogen and oxygen atoms in total. The van der Waals surface area contributed by atoms with Crippen LogP contribution in [0.25, 0.3) is 0 Å². The predicted octanol–water partition coefficient (Wildman–Crippen LogP) is 2.69. The summed E-state index contributed by atoms with van der Waals surface area (Å²) in [6, 6.07) is 7.46. The van der Waals surface area contributed by atoms with Crippen molar-refractivity contribution in [2.24, 2.45) is 5.92 Å². The first kappa shape index (κ1) is 13.4. The lowest BCUT2D eigenvalue weighted by Gasteiger charge is -2.36. The summed E-state index contributed by atoms with van der Waals surface area (Å²) in [5, 5.41) is 3.86. The number of rotatable bonds is 3. The highest BCUT2D eigenvalue weighted by molar-refractivity contribution is 6.30. The number of nitrogens with one attached hydrogen (secondary N) is 1. The Kier molecular flexibility index (Phi) is 3.64. The van der Waals surface area contributed by atoms with Crippen LogP contribution in [0.15, 0.2) is 24.3 Å². The number of anilines is 1. The van der Waals surface area contributed by atoms with Crippen molar-refractivity contribution in [2.75, 3.05) is 18.5 Å². The number of carbonyl (C=O) groups excluding carboxylic acids is 1. The third-order valence-electron chi connectivity index (χ3n) is 3.78. The molecule has 1 fully saturated rings. The van der Waals surface area contributed by atoms with E-state index in [-0.39, 0.29) is 11.4 Å². The van der Waals surface area contributed by atoms with Crippen LogP contribution in [0.3, 0.4) is 0 Å². The highest BCUT2D eigenvalue weighted by Crippen LogP contribution is 2.39. The smallest absolute Gasteiger partial charge is 0.227 e. The van der Waals surface area contributed by atoms with E-state index in [0.29, 0.717) is 17.4 Å². The topological polar surface area (TPSA) is 32.3 Å². The van der Waals surface area contributed by atoms with Gasteiger partial charge >= 0.3 is 0 Å². The molecule has 0 aliphatic carbocycles. The van der Waals surface area contributed by atoms with Crippen molar-refractivity contribution < 1.29 is 4.79 Å². The molecule has 0 saturated carbocycles. The Morgan fingerprint density at radius 2 is 2.00 bits per heavy atom. The fraction of sp³-hybridized carbons (Fsp3) is 0.500. The van der Waals surface area contributed by atoms with Gasteiger partial charge in [0.15, 0.2) is 0 Å². The molecule has 1 aliphatic heterocycles. The second kappa shape index (κ2) is 4.90. The quantitative estimate of drug-likeness (QED) is 0.912. The molecule has 1 aliphatic rings. The minimum Gasteiger partial charge on any atom is -0.319 e. The van der Waals surface area contributed by atoms with Crippen molar-refractivity contribution in [2.45, 2.75) is 25.8 Å². The Balaban J connectivity index is 2.32. The van der Waals surface area contributed by atoms with Crippen LogP contribution >= 0.6 is 11.6 Å². The zero-order valence-corrected chi connectivity index (χ0v) is 11.8. The first-order chi connectivity index (χ1) is 8.46. The number of hydrogen-bond donors (Lipinski definition) is 1. The standard InChI is InChI=1S/C14H19ClN2O/c1-14(2)10(9-16-3)8-13(18)17(14)12-6-4-11(15)5-7-12/h4-7,10,16H,8-9H2,1-3H3. The second-order valence-corrected chi connectivity index (χ2v) is 5.75. The summed E-state index contributed by atoms with van der Waals surface area (Å²) in [7, 11) is 1.92. The fourth-order valence-electron chi connectivity index (χ4n) is 2.69. The molecule has 0 radical (unpaired) electrons. The van der Waals surface area contributed by atoms with Gasteiger partial charge in [0, 0.05) is 35.1 Å². The lowest BCUT2D eigenvalue weighted by Crippen LogP contribution is -2.46. The lowest BCUT2D eigenvalue weighted by molar-refractivity contribution is -0.117. The number of carbonyl (C=O) groups is 1. The summed E-state index contributed by atoms with van der Waals surface area (Å²) in [5.41, 5.74) is 0.751. The lowest BCUT2D eigenvalue weighted by atomic mass is 9.88. The van der Waals surface area contributed by atoms with Crippen LogP contribution in [0.1, 0.15) is 20.3 Å². The molecule has 4 heteroatoms. The summed E-state index contributed by atoms with van der Waals surface area (Å²) in [5.74, 6) is 0.508. The van der Waals surface area contributed by atoms with Crippen molar-refractivity contribution >= 4 is 23.2 Å². The summed E-state index contributed by atoms with van der Waals surface area (Å²) in [6.07, 6.45) is 0.594. The van der Waals surface area contributed by atoms with Gasteiger partial charge in [0.1, 0.15) is 0 Å². The van der Waals surface area contributed by atoms with Gasteiger partial charge in [0.05, 0.1) is 0 Å². The SMILES string of the molecule is CNCC1CC(=O)N(c2ccc(Cl)cc2)C1(C)C. The van der Waals surface area contributed by atoms with Crippen molar-refractivity contribution in [1.29, 1.82) is 0 Å². The van der Waals surface area contributed by atoms with E-state index in [4.69, 9.17) is 11.6 Å². The average Bonchev–Trinajstić information content (AvgIpc) is 2.52. The van der Waals surface area contributed by atoms with Gasteiger partial charge in [-0.05, 0) is 45.2 Å². The maximum absolute atomic E-state index is 12.2. The predicted molar refractivity (Wildman–Crippen MR) is 75.1 cm³/mol. The minimum absolute atomic E-state index is 0.173. The zero-order valence-electron chi connectivity index (χ0n) is 11.0. The first-order valence-corrected chi connectivity index (χ1v) is 6.58. The highest BCUT2D eigenvalue weighted by atomic mass is 35.5. The number of nitrogens with zero attached hydrogens (tertiary/aromatic N) is 1. The molecule has 1 aromatic carbocycles. The molecule has 0 aromatic heterocycles. The molecule has 1 amide bonds. The summed E-state index contributed by atoms with van der Waals surface area (Å²) < 4.78 is 0. The van der Waals surface area contributed by atoms with Gasteiger partial charge < -0.3 is 10.2 Å². The van der Waals surface area contributed by atoms with Crippen LogP contribution in [0.5, 0.6) is 0 Å². The van der Waals surface area contributed by atoms with E-state index in [9.17, 15) is 4.79 Å². The molecule has 1 saturated heterocycles.